The van der Waals surface area contributed by atoms with E-state index in [1.165, 1.54) is 4.90 Å². The van der Waals surface area contributed by atoms with E-state index in [9.17, 15) is 36.1 Å². The van der Waals surface area contributed by atoms with Crippen LogP contribution >= 0.6 is 0 Å². The van der Waals surface area contributed by atoms with Gasteiger partial charge in [0.2, 0.25) is 10.0 Å². The molecule has 29 heavy (non-hydrogen) atoms. The number of halogens is 4. The van der Waals surface area contributed by atoms with Crippen LogP contribution in [0.15, 0.2) is 47.4 Å². The van der Waals surface area contributed by atoms with Crippen molar-refractivity contribution in [3.8, 4) is 0 Å². The van der Waals surface area contributed by atoms with Crippen molar-refractivity contribution in [2.24, 2.45) is 0 Å². The maximum Gasteiger partial charge on any atom is 0.416 e. The summed E-state index contributed by atoms with van der Waals surface area (Å²) in [5.41, 5.74) is -1.85. The van der Waals surface area contributed by atoms with Crippen molar-refractivity contribution in [2.45, 2.75) is 11.1 Å². The molecule has 0 radical (unpaired) electrons. The van der Waals surface area contributed by atoms with Crippen molar-refractivity contribution >= 4 is 21.4 Å². The average Bonchev–Trinajstić information content (AvgIpc) is 2.67. The molecule has 0 atom stereocenters. The second kappa shape index (κ2) is 7.59. The lowest BCUT2D eigenvalue weighted by molar-refractivity contribution is -0.384. The van der Waals surface area contributed by atoms with Gasteiger partial charge in [-0.05, 0) is 36.4 Å². The van der Waals surface area contributed by atoms with Gasteiger partial charge in [0.25, 0.3) is 5.69 Å². The second-order valence-corrected chi connectivity index (χ2v) is 8.24. The Hall–Kier alpha value is -2.73. The number of nitro groups is 1. The molecule has 0 aromatic heterocycles. The lowest BCUT2D eigenvalue weighted by Gasteiger charge is -2.35. The summed E-state index contributed by atoms with van der Waals surface area (Å²) in [6.07, 6.45) is -4.72. The van der Waals surface area contributed by atoms with Crippen LogP contribution in [-0.4, -0.2) is 43.8 Å². The molecule has 0 N–H and O–H groups in total. The van der Waals surface area contributed by atoms with E-state index >= 15 is 0 Å². The molecule has 0 unspecified atom stereocenters. The first-order chi connectivity index (χ1) is 13.5. The molecule has 3 rings (SSSR count). The molecule has 0 aliphatic carbocycles. The summed E-state index contributed by atoms with van der Waals surface area (Å²) in [5, 5.41) is 11.3. The topological polar surface area (TPSA) is 83.8 Å². The Kier molecular flexibility index (Phi) is 5.50. The average molecular weight is 433 g/mol. The Morgan fingerprint density at radius 1 is 0.966 bits per heavy atom. The number of nitro benzene ring substituents is 1. The van der Waals surface area contributed by atoms with Gasteiger partial charge in [-0.3, -0.25) is 10.1 Å². The lowest BCUT2D eigenvalue weighted by Crippen LogP contribution is -2.48. The first kappa shape index (κ1) is 21.0. The fraction of sp³-hybridized carbons (Fsp3) is 0.294. The fourth-order valence-corrected chi connectivity index (χ4v) is 4.46. The molecule has 1 aliphatic heterocycles. The third kappa shape index (κ3) is 4.32. The highest BCUT2D eigenvalue weighted by atomic mass is 32.2. The van der Waals surface area contributed by atoms with Crippen LogP contribution in [0.4, 0.5) is 28.9 Å². The van der Waals surface area contributed by atoms with Gasteiger partial charge in [-0.2, -0.15) is 17.5 Å². The Morgan fingerprint density at radius 2 is 1.55 bits per heavy atom. The van der Waals surface area contributed by atoms with Gasteiger partial charge in [-0.15, -0.1) is 0 Å². The van der Waals surface area contributed by atoms with Crippen molar-refractivity contribution in [2.75, 3.05) is 31.1 Å². The summed E-state index contributed by atoms with van der Waals surface area (Å²) in [7, 11) is -3.88. The zero-order valence-electron chi connectivity index (χ0n) is 14.8. The van der Waals surface area contributed by atoms with Crippen molar-refractivity contribution in [1.29, 1.82) is 0 Å². The molecule has 0 saturated carbocycles. The van der Waals surface area contributed by atoms with E-state index in [4.69, 9.17) is 0 Å². The summed E-state index contributed by atoms with van der Waals surface area (Å²) >= 11 is 0. The van der Waals surface area contributed by atoms with Crippen molar-refractivity contribution in [1.82, 2.24) is 4.31 Å². The zero-order valence-corrected chi connectivity index (χ0v) is 15.6. The first-order valence-corrected chi connectivity index (χ1v) is 9.80. The predicted molar refractivity (Wildman–Crippen MR) is 95.5 cm³/mol. The van der Waals surface area contributed by atoms with Gasteiger partial charge >= 0.3 is 6.18 Å². The monoisotopic (exact) mass is 433 g/mol. The standard InChI is InChI=1S/C17H15F4N3O4S/c18-13-2-4-14(5-3-13)29(27,28)23-9-7-22(8-10-23)15-6-1-12(17(19,20)21)11-16(15)24(25)26/h1-6,11H,7-10H2. The van der Waals surface area contributed by atoms with Gasteiger partial charge in [0.15, 0.2) is 0 Å². The Labute approximate surface area is 163 Å². The molecule has 7 nitrogen and oxygen atoms in total. The Bertz CT molecular complexity index is 1020. The number of hydrogen-bond donors (Lipinski definition) is 0. The first-order valence-electron chi connectivity index (χ1n) is 8.36. The minimum Gasteiger partial charge on any atom is -0.363 e. The Morgan fingerprint density at radius 3 is 2.07 bits per heavy atom. The normalized spacial score (nSPS) is 16.1. The smallest absolute Gasteiger partial charge is 0.363 e. The minimum atomic E-state index is -4.72. The number of alkyl halides is 3. The van der Waals surface area contributed by atoms with Gasteiger partial charge < -0.3 is 4.90 Å². The maximum absolute atomic E-state index is 13.0. The summed E-state index contributed by atoms with van der Waals surface area (Å²) in [5.74, 6) is -0.580. The molecule has 2 aromatic rings. The molecule has 1 fully saturated rings. The van der Waals surface area contributed by atoms with Crippen molar-refractivity contribution in [3.05, 3.63) is 64.0 Å². The molecule has 1 saturated heterocycles. The van der Waals surface area contributed by atoms with Crippen LogP contribution in [0.5, 0.6) is 0 Å². The zero-order chi connectivity index (χ0) is 21.4. The number of rotatable bonds is 4. The molecule has 0 spiro atoms. The number of anilines is 1. The quantitative estimate of drug-likeness (QED) is 0.420. The minimum absolute atomic E-state index is 0.0122. The summed E-state index contributed by atoms with van der Waals surface area (Å²) < 4.78 is 77.9. The van der Waals surface area contributed by atoms with E-state index in [1.54, 1.807) is 0 Å². The third-order valence-electron chi connectivity index (χ3n) is 4.53. The van der Waals surface area contributed by atoms with E-state index < -0.39 is 38.2 Å². The number of piperazine rings is 1. The second-order valence-electron chi connectivity index (χ2n) is 6.30. The third-order valence-corrected chi connectivity index (χ3v) is 6.44. The lowest BCUT2D eigenvalue weighted by atomic mass is 10.1. The molecule has 1 aliphatic rings. The van der Waals surface area contributed by atoms with Crippen molar-refractivity contribution in [3.63, 3.8) is 0 Å². The summed E-state index contributed by atoms with van der Waals surface area (Å²) in [6.45, 7) is 0.0367. The van der Waals surface area contributed by atoms with Crippen LogP contribution < -0.4 is 4.90 Å². The highest BCUT2D eigenvalue weighted by molar-refractivity contribution is 7.89. The van der Waals surface area contributed by atoms with Gasteiger partial charge in [-0.1, -0.05) is 0 Å². The summed E-state index contributed by atoms with van der Waals surface area (Å²) in [4.78, 5) is 11.7. The van der Waals surface area contributed by atoms with E-state index in [0.717, 1.165) is 40.7 Å². The van der Waals surface area contributed by atoms with Crippen LogP contribution in [-0.2, 0) is 16.2 Å². The van der Waals surface area contributed by atoms with E-state index in [0.29, 0.717) is 6.07 Å². The molecule has 0 bridgehead atoms. The molecular formula is C17H15F4N3O4S. The maximum atomic E-state index is 13.0. The van der Waals surface area contributed by atoms with Gasteiger partial charge in [0.1, 0.15) is 11.5 Å². The van der Waals surface area contributed by atoms with Gasteiger partial charge in [0, 0.05) is 32.2 Å². The van der Waals surface area contributed by atoms with E-state index in [-0.39, 0.29) is 36.8 Å². The molecular weight excluding hydrogens is 418 g/mol. The van der Waals surface area contributed by atoms with Crippen LogP contribution in [0, 0.1) is 15.9 Å². The highest BCUT2D eigenvalue weighted by Crippen LogP contribution is 2.37. The van der Waals surface area contributed by atoms with E-state index in [1.807, 2.05) is 0 Å². The fourth-order valence-electron chi connectivity index (χ4n) is 3.04. The van der Waals surface area contributed by atoms with E-state index in [2.05, 4.69) is 0 Å². The Balaban J connectivity index is 1.80. The number of nitrogens with zero attached hydrogens (tertiary/aromatic N) is 3. The number of sulfonamides is 1. The van der Waals surface area contributed by atoms with Crippen LogP contribution in [0.2, 0.25) is 0 Å². The van der Waals surface area contributed by atoms with Gasteiger partial charge in [-0.25, -0.2) is 12.8 Å². The SMILES string of the molecule is O=[N+]([O-])c1cc(C(F)(F)F)ccc1N1CCN(S(=O)(=O)c2ccc(F)cc2)CC1. The molecule has 2 aromatic carbocycles. The number of hydrogen-bond acceptors (Lipinski definition) is 5. The largest absolute Gasteiger partial charge is 0.416 e. The predicted octanol–water partition coefficient (Wildman–Crippen LogP) is 3.26. The van der Waals surface area contributed by atoms with Crippen LogP contribution in [0.25, 0.3) is 0 Å². The van der Waals surface area contributed by atoms with Crippen molar-refractivity contribution < 1.29 is 30.9 Å². The summed E-state index contributed by atoms with van der Waals surface area (Å²) in [6, 6.07) is 6.56. The molecule has 156 valence electrons. The molecule has 12 heteroatoms. The molecule has 1 heterocycles. The van der Waals surface area contributed by atoms with Crippen LogP contribution in [0.1, 0.15) is 5.56 Å². The van der Waals surface area contributed by atoms with Crippen LogP contribution in [0.3, 0.4) is 0 Å². The highest BCUT2D eigenvalue weighted by Gasteiger charge is 2.35. The molecule has 0 amide bonds. The number of benzene rings is 2. The van der Waals surface area contributed by atoms with Gasteiger partial charge in [0.05, 0.1) is 15.4 Å².